The van der Waals surface area contributed by atoms with Crippen molar-refractivity contribution < 1.29 is 4.39 Å². The van der Waals surface area contributed by atoms with Gasteiger partial charge in [-0.2, -0.15) is 4.39 Å². The molecule has 0 unspecified atom stereocenters. The second kappa shape index (κ2) is 5.59. The van der Waals surface area contributed by atoms with Crippen LogP contribution in [0.3, 0.4) is 0 Å². The van der Waals surface area contributed by atoms with E-state index in [-0.39, 0.29) is 0 Å². The molecule has 0 radical (unpaired) electrons. The average Bonchev–Trinajstić information content (AvgIpc) is 2.32. The van der Waals surface area contributed by atoms with Crippen LogP contribution in [0.1, 0.15) is 5.56 Å². The molecule has 1 N–H and O–H groups in total. The van der Waals surface area contributed by atoms with Crippen molar-refractivity contribution in [3.63, 3.8) is 0 Å². The van der Waals surface area contributed by atoms with E-state index in [1.165, 1.54) is 12.4 Å². The van der Waals surface area contributed by atoms with Crippen molar-refractivity contribution in [3.8, 4) is 0 Å². The van der Waals surface area contributed by atoms with Crippen molar-refractivity contribution in [1.82, 2.24) is 9.97 Å². The summed E-state index contributed by atoms with van der Waals surface area (Å²) in [5.41, 5.74) is 1.16. The largest absolute Gasteiger partial charge is 0.370 e. The molecule has 0 aliphatic heterocycles. The van der Waals surface area contributed by atoms with Crippen LogP contribution >= 0.6 is 11.6 Å². The summed E-state index contributed by atoms with van der Waals surface area (Å²) in [4.78, 5) is 7.28. The smallest absolute Gasteiger partial charge is 0.217 e. The topological polar surface area (TPSA) is 37.8 Å². The Morgan fingerprint density at radius 2 is 1.94 bits per heavy atom. The lowest BCUT2D eigenvalue weighted by molar-refractivity contribution is 0.580. The Morgan fingerprint density at radius 1 is 1.18 bits per heavy atom. The molecule has 2 aromatic rings. The van der Waals surface area contributed by atoms with E-state index in [4.69, 9.17) is 11.6 Å². The van der Waals surface area contributed by atoms with Crippen molar-refractivity contribution in [2.24, 2.45) is 0 Å². The molecule has 2 rings (SSSR count). The van der Waals surface area contributed by atoms with E-state index in [1.54, 1.807) is 0 Å². The average molecular weight is 252 g/mol. The molecule has 0 amide bonds. The van der Waals surface area contributed by atoms with E-state index in [9.17, 15) is 4.39 Å². The predicted octanol–water partition coefficient (Wildman–Crippen LogP) is 2.92. The SMILES string of the molecule is Fc1cc(NCCc2ccc(Cl)cc2)ncn1. The van der Waals surface area contributed by atoms with Gasteiger partial charge in [-0.1, -0.05) is 23.7 Å². The normalized spacial score (nSPS) is 10.2. The molecule has 0 saturated heterocycles. The Labute approximate surface area is 104 Å². The molecule has 0 fully saturated rings. The maximum absolute atomic E-state index is 12.8. The van der Waals surface area contributed by atoms with Gasteiger partial charge in [-0.25, -0.2) is 9.97 Å². The van der Waals surface area contributed by atoms with Crippen molar-refractivity contribution in [2.75, 3.05) is 11.9 Å². The molecular formula is C12H11ClFN3. The number of nitrogens with one attached hydrogen (secondary N) is 1. The Bertz CT molecular complexity index is 487. The summed E-state index contributed by atoms with van der Waals surface area (Å²) in [6, 6.07) is 8.89. The van der Waals surface area contributed by atoms with Gasteiger partial charge in [0.05, 0.1) is 0 Å². The number of halogens is 2. The first-order valence-corrected chi connectivity index (χ1v) is 5.58. The zero-order valence-electron chi connectivity index (χ0n) is 9.03. The van der Waals surface area contributed by atoms with Gasteiger partial charge in [0.15, 0.2) is 0 Å². The van der Waals surface area contributed by atoms with E-state index in [0.29, 0.717) is 12.4 Å². The molecule has 88 valence electrons. The Morgan fingerprint density at radius 3 is 2.65 bits per heavy atom. The van der Waals surface area contributed by atoms with Crippen molar-refractivity contribution in [1.29, 1.82) is 0 Å². The predicted molar refractivity (Wildman–Crippen MR) is 65.6 cm³/mol. The van der Waals surface area contributed by atoms with E-state index in [1.807, 2.05) is 24.3 Å². The molecule has 0 bridgehead atoms. The molecule has 1 heterocycles. The highest BCUT2D eigenvalue weighted by atomic mass is 35.5. The first-order valence-electron chi connectivity index (χ1n) is 5.20. The highest BCUT2D eigenvalue weighted by Gasteiger charge is 1.97. The molecule has 0 atom stereocenters. The third-order valence-electron chi connectivity index (χ3n) is 2.27. The van der Waals surface area contributed by atoms with Crippen LogP contribution in [0.2, 0.25) is 5.02 Å². The van der Waals surface area contributed by atoms with Crippen LogP contribution in [0.25, 0.3) is 0 Å². The van der Waals surface area contributed by atoms with Gasteiger partial charge >= 0.3 is 0 Å². The van der Waals surface area contributed by atoms with Gasteiger partial charge in [-0.05, 0) is 24.1 Å². The van der Waals surface area contributed by atoms with Gasteiger partial charge in [-0.15, -0.1) is 0 Å². The molecule has 17 heavy (non-hydrogen) atoms. The molecule has 0 spiro atoms. The third-order valence-corrected chi connectivity index (χ3v) is 2.52. The fourth-order valence-corrected chi connectivity index (χ4v) is 1.54. The van der Waals surface area contributed by atoms with Crippen LogP contribution < -0.4 is 5.32 Å². The van der Waals surface area contributed by atoms with Crippen LogP contribution in [-0.4, -0.2) is 16.5 Å². The molecule has 3 nitrogen and oxygen atoms in total. The summed E-state index contributed by atoms with van der Waals surface area (Å²) in [5, 5.41) is 3.75. The quantitative estimate of drug-likeness (QED) is 0.849. The Hall–Kier alpha value is -1.68. The number of nitrogens with zero attached hydrogens (tertiary/aromatic N) is 2. The summed E-state index contributed by atoms with van der Waals surface area (Å²) >= 11 is 5.78. The van der Waals surface area contributed by atoms with Gasteiger partial charge in [0.2, 0.25) is 5.95 Å². The second-order valence-corrected chi connectivity index (χ2v) is 3.97. The van der Waals surface area contributed by atoms with Crippen LogP contribution in [0.15, 0.2) is 36.7 Å². The molecular weight excluding hydrogens is 241 g/mol. The third kappa shape index (κ3) is 3.67. The zero-order valence-corrected chi connectivity index (χ0v) is 9.78. The van der Waals surface area contributed by atoms with E-state index >= 15 is 0 Å². The number of hydrogen-bond acceptors (Lipinski definition) is 3. The molecule has 0 aliphatic carbocycles. The number of aromatic nitrogens is 2. The van der Waals surface area contributed by atoms with Gasteiger partial charge in [0, 0.05) is 17.6 Å². The van der Waals surface area contributed by atoms with Crippen LogP contribution in [0.5, 0.6) is 0 Å². The van der Waals surface area contributed by atoms with E-state index < -0.39 is 5.95 Å². The van der Waals surface area contributed by atoms with Gasteiger partial charge in [-0.3, -0.25) is 0 Å². The van der Waals surface area contributed by atoms with E-state index in [2.05, 4.69) is 15.3 Å². The summed E-state index contributed by atoms with van der Waals surface area (Å²) < 4.78 is 12.8. The fraction of sp³-hybridized carbons (Fsp3) is 0.167. The lowest BCUT2D eigenvalue weighted by Gasteiger charge is -2.05. The van der Waals surface area contributed by atoms with E-state index in [0.717, 1.165) is 17.0 Å². The second-order valence-electron chi connectivity index (χ2n) is 3.53. The van der Waals surface area contributed by atoms with Gasteiger partial charge in [0.25, 0.3) is 0 Å². The molecule has 0 saturated carbocycles. The summed E-state index contributed by atoms with van der Waals surface area (Å²) in [7, 11) is 0. The maximum atomic E-state index is 12.8. The summed E-state index contributed by atoms with van der Waals surface area (Å²) in [6.07, 6.45) is 2.02. The van der Waals surface area contributed by atoms with Crippen molar-refractivity contribution in [3.05, 3.63) is 53.2 Å². The van der Waals surface area contributed by atoms with Crippen molar-refractivity contribution >= 4 is 17.4 Å². The lowest BCUT2D eigenvalue weighted by Crippen LogP contribution is -2.06. The minimum Gasteiger partial charge on any atom is -0.370 e. The first-order chi connectivity index (χ1) is 8.24. The Kier molecular flexibility index (Phi) is 3.88. The number of anilines is 1. The van der Waals surface area contributed by atoms with Crippen molar-refractivity contribution in [2.45, 2.75) is 6.42 Å². The first kappa shape index (κ1) is 11.8. The lowest BCUT2D eigenvalue weighted by atomic mass is 10.1. The monoisotopic (exact) mass is 251 g/mol. The fourth-order valence-electron chi connectivity index (χ4n) is 1.42. The standard InChI is InChI=1S/C12H11ClFN3/c13-10-3-1-9(2-4-10)5-6-15-12-7-11(14)16-8-17-12/h1-4,7-8H,5-6H2,(H,15,16,17). The van der Waals surface area contributed by atoms with Crippen LogP contribution in [0.4, 0.5) is 10.2 Å². The highest BCUT2D eigenvalue weighted by Crippen LogP contribution is 2.10. The number of hydrogen-bond donors (Lipinski definition) is 1. The molecule has 1 aromatic heterocycles. The summed E-state index contributed by atoms with van der Waals surface area (Å²) in [5.74, 6) is -0.0412. The van der Waals surface area contributed by atoms with Crippen LogP contribution in [0, 0.1) is 5.95 Å². The summed E-state index contributed by atoms with van der Waals surface area (Å²) in [6.45, 7) is 0.679. The minimum atomic E-state index is -0.533. The molecule has 1 aromatic carbocycles. The molecule has 0 aliphatic rings. The minimum absolute atomic E-state index is 0.492. The highest BCUT2D eigenvalue weighted by molar-refractivity contribution is 6.30. The number of rotatable bonds is 4. The molecule has 5 heteroatoms. The maximum Gasteiger partial charge on any atom is 0.217 e. The van der Waals surface area contributed by atoms with Gasteiger partial charge < -0.3 is 5.32 Å². The van der Waals surface area contributed by atoms with Gasteiger partial charge in [0.1, 0.15) is 12.1 Å². The Balaban J connectivity index is 1.85. The number of benzene rings is 1. The van der Waals surface area contributed by atoms with Crippen LogP contribution in [-0.2, 0) is 6.42 Å². The zero-order chi connectivity index (χ0) is 12.1.